The summed E-state index contributed by atoms with van der Waals surface area (Å²) in [4.78, 5) is 29.6. The zero-order chi connectivity index (χ0) is 21.1. The number of ether oxygens (including phenoxy) is 1. The van der Waals surface area contributed by atoms with E-state index in [-0.39, 0.29) is 16.7 Å². The predicted molar refractivity (Wildman–Crippen MR) is 120 cm³/mol. The van der Waals surface area contributed by atoms with Gasteiger partial charge in [-0.15, -0.1) is 11.8 Å². The van der Waals surface area contributed by atoms with Crippen LogP contribution in [-0.2, 0) is 11.2 Å². The molecule has 0 radical (unpaired) electrons. The summed E-state index contributed by atoms with van der Waals surface area (Å²) in [6.45, 7) is 2.09. The number of nitrogens with zero attached hydrogens (tertiary/aromatic N) is 2. The third kappa shape index (κ3) is 4.30. The molecule has 0 aliphatic carbocycles. The predicted octanol–water partition coefficient (Wildman–Crippen LogP) is 4.10. The minimum absolute atomic E-state index is 0.0506. The summed E-state index contributed by atoms with van der Waals surface area (Å²) in [5.74, 6) is 1.90. The van der Waals surface area contributed by atoms with Gasteiger partial charge in [0.2, 0.25) is 5.91 Å². The molecule has 7 heteroatoms. The quantitative estimate of drug-likeness (QED) is 0.712. The van der Waals surface area contributed by atoms with E-state index in [1.54, 1.807) is 31.4 Å². The molecule has 2 aliphatic heterocycles. The molecule has 0 bridgehead atoms. The van der Waals surface area contributed by atoms with E-state index in [2.05, 4.69) is 0 Å². The molecule has 2 aromatic rings. The van der Waals surface area contributed by atoms with Gasteiger partial charge in [0.15, 0.2) is 0 Å². The van der Waals surface area contributed by atoms with Crippen molar-refractivity contribution in [3.63, 3.8) is 0 Å². The summed E-state index contributed by atoms with van der Waals surface area (Å²) in [6, 6.07) is 14.7. The van der Waals surface area contributed by atoms with Crippen molar-refractivity contribution in [2.75, 3.05) is 32.5 Å². The second-order valence-electron chi connectivity index (χ2n) is 7.66. The molecule has 30 heavy (non-hydrogen) atoms. The van der Waals surface area contributed by atoms with Gasteiger partial charge in [-0.2, -0.15) is 0 Å². The summed E-state index contributed by atoms with van der Waals surface area (Å²) in [5, 5.41) is 0.626. The summed E-state index contributed by atoms with van der Waals surface area (Å²) in [6.07, 6.45) is 1.98. The van der Waals surface area contributed by atoms with Crippen molar-refractivity contribution in [1.29, 1.82) is 0 Å². The zero-order valence-electron chi connectivity index (χ0n) is 17.0. The lowest BCUT2D eigenvalue weighted by Gasteiger charge is -2.44. The number of hydrogen-bond donors (Lipinski definition) is 0. The van der Waals surface area contributed by atoms with Gasteiger partial charge in [-0.3, -0.25) is 9.59 Å². The Morgan fingerprint density at radius 2 is 1.70 bits per heavy atom. The molecule has 158 valence electrons. The fourth-order valence-electron chi connectivity index (χ4n) is 4.19. The number of hydrogen-bond acceptors (Lipinski definition) is 4. The van der Waals surface area contributed by atoms with Crippen LogP contribution in [0.25, 0.3) is 0 Å². The number of carbonyl (C=O) groups excluding carboxylic acids is 2. The van der Waals surface area contributed by atoms with Crippen molar-refractivity contribution in [3.05, 3.63) is 64.7 Å². The first-order valence-corrected chi connectivity index (χ1v) is 11.5. The minimum atomic E-state index is -0.215. The highest BCUT2D eigenvalue weighted by Gasteiger charge is 2.47. The SMILES string of the molecule is COc1ccc(CC(=O)N2CCC3(CC2)SCCN3C(=O)c2ccc(Cl)cc2)cc1. The molecular formula is C23H25ClN2O3S. The number of rotatable bonds is 4. The van der Waals surface area contributed by atoms with Gasteiger partial charge in [0, 0.05) is 36.0 Å². The van der Waals surface area contributed by atoms with Gasteiger partial charge in [-0.05, 0) is 54.8 Å². The van der Waals surface area contributed by atoms with Crippen LogP contribution < -0.4 is 4.74 Å². The number of thioether (sulfide) groups is 1. The standard InChI is InChI=1S/C23H25ClN2O3S/c1-29-20-8-2-17(3-9-20)16-21(27)25-12-10-23(11-13-25)26(14-15-30-23)22(28)18-4-6-19(24)7-5-18/h2-9H,10-16H2,1H3. The van der Waals surface area contributed by atoms with Crippen LogP contribution in [0.3, 0.4) is 0 Å². The molecule has 0 atom stereocenters. The van der Waals surface area contributed by atoms with Gasteiger partial charge in [0.25, 0.3) is 5.91 Å². The van der Waals surface area contributed by atoms with Crippen molar-refractivity contribution in [2.45, 2.75) is 24.1 Å². The van der Waals surface area contributed by atoms with E-state index >= 15 is 0 Å². The lowest BCUT2D eigenvalue weighted by Crippen LogP contribution is -2.53. The largest absolute Gasteiger partial charge is 0.497 e. The van der Waals surface area contributed by atoms with Crippen molar-refractivity contribution < 1.29 is 14.3 Å². The van der Waals surface area contributed by atoms with Gasteiger partial charge >= 0.3 is 0 Å². The Bertz CT molecular complexity index is 909. The Morgan fingerprint density at radius 3 is 2.33 bits per heavy atom. The smallest absolute Gasteiger partial charge is 0.254 e. The topological polar surface area (TPSA) is 49.9 Å². The Kier molecular flexibility index (Phi) is 6.25. The Balaban J connectivity index is 1.38. The van der Waals surface area contributed by atoms with E-state index in [9.17, 15) is 9.59 Å². The van der Waals surface area contributed by atoms with E-state index in [1.165, 1.54) is 0 Å². The third-order valence-corrected chi connectivity index (χ3v) is 7.73. The van der Waals surface area contributed by atoms with Crippen LogP contribution in [0, 0.1) is 0 Å². The average molecular weight is 445 g/mol. The maximum absolute atomic E-state index is 13.1. The second-order valence-corrected chi connectivity index (χ2v) is 9.56. The highest BCUT2D eigenvalue weighted by Crippen LogP contribution is 2.44. The maximum atomic E-state index is 13.1. The van der Waals surface area contributed by atoms with Crippen molar-refractivity contribution in [3.8, 4) is 5.75 Å². The highest BCUT2D eigenvalue weighted by atomic mass is 35.5. The molecule has 4 rings (SSSR count). The fraction of sp³-hybridized carbons (Fsp3) is 0.391. The lowest BCUT2D eigenvalue weighted by molar-refractivity contribution is -0.132. The summed E-state index contributed by atoms with van der Waals surface area (Å²) < 4.78 is 5.17. The van der Waals surface area contributed by atoms with Crippen LogP contribution in [-0.4, -0.2) is 59.0 Å². The lowest BCUT2D eigenvalue weighted by atomic mass is 10.00. The van der Waals surface area contributed by atoms with Crippen molar-refractivity contribution >= 4 is 35.2 Å². The van der Waals surface area contributed by atoms with E-state index in [4.69, 9.17) is 16.3 Å². The minimum Gasteiger partial charge on any atom is -0.497 e. The Morgan fingerprint density at radius 1 is 1.03 bits per heavy atom. The first kappa shape index (κ1) is 21.1. The molecule has 0 unspecified atom stereocenters. The monoisotopic (exact) mass is 444 g/mol. The molecule has 0 N–H and O–H groups in total. The number of halogens is 1. The molecule has 2 saturated heterocycles. The van der Waals surface area contributed by atoms with E-state index in [0.717, 1.165) is 36.5 Å². The molecule has 2 aromatic carbocycles. The summed E-state index contributed by atoms with van der Waals surface area (Å²) in [5.41, 5.74) is 1.65. The number of methoxy groups -OCH3 is 1. The average Bonchev–Trinajstić information content (AvgIpc) is 3.17. The molecule has 5 nitrogen and oxygen atoms in total. The number of carbonyl (C=O) groups is 2. The third-order valence-electron chi connectivity index (χ3n) is 5.93. The van der Waals surface area contributed by atoms with Crippen LogP contribution in [0.1, 0.15) is 28.8 Å². The van der Waals surface area contributed by atoms with Gasteiger partial charge in [0.05, 0.1) is 18.4 Å². The molecule has 2 fully saturated rings. The van der Waals surface area contributed by atoms with Crippen LogP contribution in [0.15, 0.2) is 48.5 Å². The molecule has 2 aliphatic rings. The normalized spacial score (nSPS) is 17.9. The van der Waals surface area contributed by atoms with E-state index < -0.39 is 0 Å². The van der Waals surface area contributed by atoms with Gasteiger partial charge < -0.3 is 14.5 Å². The second kappa shape index (κ2) is 8.90. The number of likely N-dealkylation sites (tertiary alicyclic amines) is 1. The molecule has 1 spiro atoms. The van der Waals surface area contributed by atoms with Crippen LogP contribution in [0.2, 0.25) is 5.02 Å². The van der Waals surface area contributed by atoms with Crippen molar-refractivity contribution in [1.82, 2.24) is 9.80 Å². The number of amides is 2. The molecule has 0 saturated carbocycles. The molecule has 0 aromatic heterocycles. The highest BCUT2D eigenvalue weighted by molar-refractivity contribution is 8.00. The maximum Gasteiger partial charge on any atom is 0.254 e. The molecule has 2 heterocycles. The van der Waals surface area contributed by atoms with Gasteiger partial charge in [-0.25, -0.2) is 0 Å². The van der Waals surface area contributed by atoms with E-state index in [0.29, 0.717) is 30.1 Å². The molecular weight excluding hydrogens is 420 g/mol. The van der Waals surface area contributed by atoms with Crippen LogP contribution >= 0.6 is 23.4 Å². The Hall–Kier alpha value is -2.18. The van der Waals surface area contributed by atoms with Gasteiger partial charge in [0.1, 0.15) is 5.75 Å². The number of benzene rings is 2. The number of piperidine rings is 1. The van der Waals surface area contributed by atoms with Crippen LogP contribution in [0.5, 0.6) is 5.75 Å². The Labute approximate surface area is 186 Å². The van der Waals surface area contributed by atoms with Crippen molar-refractivity contribution in [2.24, 2.45) is 0 Å². The fourth-order valence-corrected chi connectivity index (χ4v) is 5.77. The van der Waals surface area contributed by atoms with E-state index in [1.807, 2.05) is 45.8 Å². The molecule has 2 amide bonds. The van der Waals surface area contributed by atoms with Gasteiger partial charge in [-0.1, -0.05) is 23.7 Å². The first-order valence-electron chi connectivity index (χ1n) is 10.1. The first-order chi connectivity index (χ1) is 14.5. The zero-order valence-corrected chi connectivity index (χ0v) is 18.5. The summed E-state index contributed by atoms with van der Waals surface area (Å²) >= 11 is 7.81. The van der Waals surface area contributed by atoms with Crippen LogP contribution in [0.4, 0.5) is 0 Å². The summed E-state index contributed by atoms with van der Waals surface area (Å²) in [7, 11) is 1.63.